The zero-order valence-corrected chi connectivity index (χ0v) is 13.1. The molecule has 1 aromatic heterocycles. The lowest BCUT2D eigenvalue weighted by molar-refractivity contribution is -0.142. The van der Waals surface area contributed by atoms with Crippen LogP contribution in [0.5, 0.6) is 0 Å². The van der Waals surface area contributed by atoms with E-state index >= 15 is 0 Å². The van der Waals surface area contributed by atoms with Gasteiger partial charge in [-0.2, -0.15) is 0 Å². The van der Waals surface area contributed by atoms with Gasteiger partial charge in [-0.05, 0) is 33.6 Å². The van der Waals surface area contributed by atoms with Crippen LogP contribution >= 0.6 is 11.3 Å². The van der Waals surface area contributed by atoms with Gasteiger partial charge >= 0.3 is 5.97 Å². The van der Waals surface area contributed by atoms with Crippen LogP contribution in [0, 0.1) is 0 Å². The molecule has 0 aliphatic carbocycles. The highest BCUT2D eigenvalue weighted by molar-refractivity contribution is 7.13. The second kappa shape index (κ2) is 6.54. The molecule has 1 N–H and O–H groups in total. The minimum Gasteiger partial charge on any atom is -0.466 e. The SMILES string of the molecule is CCOC(=O)Cc1csc(NC2CCOC(C)(C)C2)n1. The second-order valence-corrected chi connectivity index (χ2v) is 6.43. The molecule has 1 aliphatic rings. The largest absolute Gasteiger partial charge is 0.466 e. The van der Waals surface area contributed by atoms with Crippen molar-refractivity contribution in [2.75, 3.05) is 18.5 Å². The summed E-state index contributed by atoms with van der Waals surface area (Å²) in [6.07, 6.45) is 2.18. The van der Waals surface area contributed by atoms with E-state index in [1.54, 1.807) is 6.92 Å². The minimum atomic E-state index is -0.225. The van der Waals surface area contributed by atoms with Crippen LogP contribution in [-0.4, -0.2) is 35.8 Å². The Balaban J connectivity index is 1.88. The molecule has 2 rings (SSSR count). The highest BCUT2D eigenvalue weighted by Crippen LogP contribution is 2.27. The number of ether oxygens (including phenoxy) is 2. The molecule has 1 saturated heterocycles. The van der Waals surface area contributed by atoms with Crippen molar-refractivity contribution in [2.45, 2.75) is 51.7 Å². The standard InChI is InChI=1S/C14H22N2O3S/c1-4-18-12(17)7-11-9-20-13(16-11)15-10-5-6-19-14(2,3)8-10/h9-10H,4-8H2,1-3H3,(H,15,16). The van der Waals surface area contributed by atoms with Crippen molar-refractivity contribution in [1.29, 1.82) is 0 Å². The van der Waals surface area contributed by atoms with Gasteiger partial charge in [-0.1, -0.05) is 0 Å². The fourth-order valence-electron chi connectivity index (χ4n) is 2.34. The molecule has 0 amide bonds. The summed E-state index contributed by atoms with van der Waals surface area (Å²) in [7, 11) is 0. The van der Waals surface area contributed by atoms with Gasteiger partial charge in [0.15, 0.2) is 5.13 Å². The summed E-state index contributed by atoms with van der Waals surface area (Å²) in [4.78, 5) is 15.8. The monoisotopic (exact) mass is 298 g/mol. The van der Waals surface area contributed by atoms with Crippen LogP contribution < -0.4 is 5.32 Å². The number of aromatic nitrogens is 1. The van der Waals surface area contributed by atoms with Crippen molar-refractivity contribution in [3.63, 3.8) is 0 Å². The molecule has 0 spiro atoms. The summed E-state index contributed by atoms with van der Waals surface area (Å²) >= 11 is 1.53. The molecule has 1 atom stereocenters. The summed E-state index contributed by atoms with van der Waals surface area (Å²) in [5.41, 5.74) is 0.684. The zero-order valence-electron chi connectivity index (χ0n) is 12.3. The van der Waals surface area contributed by atoms with Crippen molar-refractivity contribution in [2.24, 2.45) is 0 Å². The topological polar surface area (TPSA) is 60.5 Å². The molecular weight excluding hydrogens is 276 g/mol. The number of thiazole rings is 1. The molecule has 0 aromatic carbocycles. The van der Waals surface area contributed by atoms with Crippen LogP contribution in [0.25, 0.3) is 0 Å². The quantitative estimate of drug-likeness (QED) is 0.847. The molecule has 6 heteroatoms. The Morgan fingerprint density at radius 1 is 1.65 bits per heavy atom. The molecule has 2 heterocycles. The van der Waals surface area contributed by atoms with E-state index in [1.807, 2.05) is 5.38 Å². The molecular formula is C14H22N2O3S. The molecule has 112 valence electrons. The third-order valence-corrected chi connectivity index (χ3v) is 4.03. The van der Waals surface area contributed by atoms with Crippen molar-refractivity contribution in [1.82, 2.24) is 4.98 Å². The molecule has 1 unspecified atom stereocenters. The van der Waals surface area contributed by atoms with Crippen LogP contribution in [0.2, 0.25) is 0 Å². The summed E-state index contributed by atoms with van der Waals surface area (Å²) in [5, 5.41) is 6.21. The summed E-state index contributed by atoms with van der Waals surface area (Å²) in [6, 6.07) is 0.375. The van der Waals surface area contributed by atoms with Gasteiger partial charge in [-0.3, -0.25) is 4.79 Å². The number of carbonyl (C=O) groups is 1. The van der Waals surface area contributed by atoms with Crippen LogP contribution in [-0.2, 0) is 20.7 Å². The Kier molecular flexibility index (Phi) is 4.99. The van der Waals surface area contributed by atoms with E-state index < -0.39 is 0 Å². The van der Waals surface area contributed by atoms with Crippen LogP contribution in [0.4, 0.5) is 5.13 Å². The van der Waals surface area contributed by atoms with E-state index in [0.717, 1.165) is 30.3 Å². The average molecular weight is 298 g/mol. The Morgan fingerprint density at radius 3 is 3.15 bits per heavy atom. The summed E-state index contributed by atoms with van der Waals surface area (Å²) < 4.78 is 10.6. The van der Waals surface area contributed by atoms with Crippen LogP contribution in [0.1, 0.15) is 39.3 Å². The Hall–Kier alpha value is -1.14. The Labute approximate surface area is 123 Å². The number of carbonyl (C=O) groups excluding carboxylic acids is 1. The van der Waals surface area contributed by atoms with Gasteiger partial charge in [0.1, 0.15) is 0 Å². The van der Waals surface area contributed by atoms with Crippen molar-refractivity contribution in [3.8, 4) is 0 Å². The molecule has 5 nitrogen and oxygen atoms in total. The highest BCUT2D eigenvalue weighted by atomic mass is 32.1. The normalized spacial score (nSPS) is 21.4. The molecule has 0 radical (unpaired) electrons. The van der Waals surface area contributed by atoms with Gasteiger partial charge < -0.3 is 14.8 Å². The fraction of sp³-hybridized carbons (Fsp3) is 0.714. The van der Waals surface area contributed by atoms with Gasteiger partial charge in [0.2, 0.25) is 0 Å². The minimum absolute atomic E-state index is 0.0824. The van der Waals surface area contributed by atoms with E-state index in [-0.39, 0.29) is 18.0 Å². The maximum atomic E-state index is 11.4. The van der Waals surface area contributed by atoms with Crippen LogP contribution in [0.15, 0.2) is 5.38 Å². The zero-order chi connectivity index (χ0) is 14.6. The van der Waals surface area contributed by atoms with Gasteiger partial charge in [0.25, 0.3) is 0 Å². The van der Waals surface area contributed by atoms with Crippen molar-refractivity contribution >= 4 is 22.4 Å². The average Bonchev–Trinajstić information content (AvgIpc) is 2.75. The number of esters is 1. The van der Waals surface area contributed by atoms with Gasteiger partial charge in [-0.25, -0.2) is 4.98 Å². The van der Waals surface area contributed by atoms with E-state index in [9.17, 15) is 4.79 Å². The van der Waals surface area contributed by atoms with Crippen molar-refractivity contribution in [3.05, 3.63) is 11.1 Å². The maximum Gasteiger partial charge on any atom is 0.311 e. The number of hydrogen-bond donors (Lipinski definition) is 1. The molecule has 1 fully saturated rings. The first-order valence-electron chi connectivity index (χ1n) is 6.99. The van der Waals surface area contributed by atoms with Gasteiger partial charge in [0, 0.05) is 18.0 Å². The van der Waals surface area contributed by atoms with Gasteiger partial charge in [0.05, 0.1) is 24.3 Å². The Morgan fingerprint density at radius 2 is 2.45 bits per heavy atom. The fourth-order valence-corrected chi connectivity index (χ4v) is 3.13. The smallest absolute Gasteiger partial charge is 0.311 e. The number of nitrogens with zero attached hydrogens (tertiary/aromatic N) is 1. The van der Waals surface area contributed by atoms with Crippen molar-refractivity contribution < 1.29 is 14.3 Å². The summed E-state index contributed by atoms with van der Waals surface area (Å²) in [5.74, 6) is -0.225. The first-order chi connectivity index (χ1) is 9.48. The van der Waals surface area contributed by atoms with E-state index in [4.69, 9.17) is 9.47 Å². The van der Waals surface area contributed by atoms with Gasteiger partial charge in [-0.15, -0.1) is 11.3 Å². The number of anilines is 1. The number of nitrogens with one attached hydrogen (secondary N) is 1. The second-order valence-electron chi connectivity index (χ2n) is 5.57. The van der Waals surface area contributed by atoms with E-state index in [1.165, 1.54) is 11.3 Å². The van der Waals surface area contributed by atoms with E-state index in [2.05, 4.69) is 24.1 Å². The number of rotatable bonds is 5. The maximum absolute atomic E-state index is 11.4. The first-order valence-corrected chi connectivity index (χ1v) is 7.87. The van der Waals surface area contributed by atoms with Crippen LogP contribution in [0.3, 0.4) is 0 Å². The highest BCUT2D eigenvalue weighted by Gasteiger charge is 2.29. The molecule has 0 saturated carbocycles. The Bertz CT molecular complexity index is 459. The lowest BCUT2D eigenvalue weighted by Gasteiger charge is -2.35. The molecule has 1 aromatic rings. The molecule has 20 heavy (non-hydrogen) atoms. The summed E-state index contributed by atoms with van der Waals surface area (Å²) in [6.45, 7) is 7.19. The third kappa shape index (κ3) is 4.45. The molecule has 0 bridgehead atoms. The first kappa shape index (κ1) is 15.3. The predicted octanol–water partition coefficient (Wildman–Crippen LogP) is 2.62. The molecule has 1 aliphatic heterocycles. The lowest BCUT2D eigenvalue weighted by atomic mass is 9.94. The number of hydrogen-bond acceptors (Lipinski definition) is 6. The predicted molar refractivity (Wildman–Crippen MR) is 79.1 cm³/mol. The third-order valence-electron chi connectivity index (χ3n) is 3.21. The lowest BCUT2D eigenvalue weighted by Crippen LogP contribution is -2.40. The van der Waals surface area contributed by atoms with E-state index in [0.29, 0.717) is 12.6 Å².